The summed E-state index contributed by atoms with van der Waals surface area (Å²) in [5.41, 5.74) is 6.44. The fourth-order valence-electron chi connectivity index (χ4n) is 2.52. The van der Waals surface area contributed by atoms with E-state index in [1.165, 1.54) is 27.9 Å². The topological polar surface area (TPSA) is 15.8 Å². The highest BCUT2D eigenvalue weighted by molar-refractivity contribution is 5.85. The van der Waals surface area contributed by atoms with Crippen LogP contribution in [0.3, 0.4) is 0 Å². The molecule has 1 N–H and O–H groups in total. The molecule has 0 atom stereocenters. The molecular weight excluding hydrogens is 230 g/mol. The summed E-state index contributed by atoms with van der Waals surface area (Å²) < 4.78 is 0. The summed E-state index contributed by atoms with van der Waals surface area (Å²) >= 11 is 0. The second-order valence-electron chi connectivity index (χ2n) is 4.64. The minimum absolute atomic E-state index is 1.01. The minimum atomic E-state index is 1.01. The average Bonchev–Trinajstić information content (AvgIpc) is 2.93. The third-order valence-corrected chi connectivity index (χ3v) is 3.46. The Hall–Kier alpha value is -2.28. The first-order chi connectivity index (χ1) is 9.40. The van der Waals surface area contributed by atoms with Crippen molar-refractivity contribution in [3.05, 3.63) is 72.6 Å². The summed E-state index contributed by atoms with van der Waals surface area (Å²) in [6.45, 7) is 2.19. The van der Waals surface area contributed by atoms with Crippen LogP contribution in [0.4, 0.5) is 0 Å². The second-order valence-corrected chi connectivity index (χ2v) is 4.64. The van der Waals surface area contributed by atoms with Crippen molar-refractivity contribution in [3.63, 3.8) is 0 Å². The van der Waals surface area contributed by atoms with Gasteiger partial charge in [0.2, 0.25) is 0 Å². The molecule has 0 bridgehead atoms. The quantitative estimate of drug-likeness (QED) is 0.676. The van der Waals surface area contributed by atoms with Crippen LogP contribution in [0.15, 0.2) is 66.9 Å². The van der Waals surface area contributed by atoms with Crippen LogP contribution in [0, 0.1) is 0 Å². The van der Waals surface area contributed by atoms with E-state index in [9.17, 15) is 0 Å². The van der Waals surface area contributed by atoms with Gasteiger partial charge in [-0.15, -0.1) is 0 Å². The summed E-state index contributed by atoms with van der Waals surface area (Å²) in [5, 5.41) is 0. The Kier molecular flexibility index (Phi) is 3.20. The molecule has 1 aromatic heterocycles. The monoisotopic (exact) mass is 247 g/mol. The van der Waals surface area contributed by atoms with Crippen molar-refractivity contribution < 1.29 is 0 Å². The van der Waals surface area contributed by atoms with Gasteiger partial charge in [-0.25, -0.2) is 0 Å². The molecule has 3 rings (SSSR count). The molecule has 0 radical (unpaired) electrons. The number of rotatable bonds is 3. The van der Waals surface area contributed by atoms with Crippen LogP contribution >= 0.6 is 0 Å². The van der Waals surface area contributed by atoms with Gasteiger partial charge in [-0.1, -0.05) is 67.6 Å². The van der Waals surface area contributed by atoms with E-state index in [-0.39, 0.29) is 0 Å². The van der Waals surface area contributed by atoms with Gasteiger partial charge in [-0.3, -0.25) is 0 Å². The molecule has 0 amide bonds. The van der Waals surface area contributed by atoms with Gasteiger partial charge in [0.1, 0.15) is 0 Å². The van der Waals surface area contributed by atoms with Crippen LogP contribution in [0.1, 0.15) is 12.6 Å². The van der Waals surface area contributed by atoms with E-state index in [1.807, 2.05) is 0 Å². The lowest BCUT2D eigenvalue weighted by Crippen LogP contribution is -1.86. The molecule has 0 saturated carbocycles. The fraction of sp³-hybridized carbons (Fsp3) is 0.111. The normalized spacial score (nSPS) is 10.6. The van der Waals surface area contributed by atoms with E-state index in [4.69, 9.17) is 0 Å². The molecule has 94 valence electrons. The van der Waals surface area contributed by atoms with Crippen molar-refractivity contribution in [2.45, 2.75) is 13.3 Å². The van der Waals surface area contributed by atoms with Gasteiger partial charge in [0.25, 0.3) is 0 Å². The van der Waals surface area contributed by atoms with Gasteiger partial charge < -0.3 is 4.98 Å². The van der Waals surface area contributed by atoms with Gasteiger partial charge in [-0.2, -0.15) is 0 Å². The van der Waals surface area contributed by atoms with Crippen molar-refractivity contribution >= 4 is 0 Å². The first kappa shape index (κ1) is 11.8. The Morgan fingerprint density at radius 3 is 1.95 bits per heavy atom. The zero-order valence-electron chi connectivity index (χ0n) is 11.1. The zero-order chi connectivity index (χ0) is 13.1. The molecule has 1 heteroatoms. The number of hydrogen-bond acceptors (Lipinski definition) is 0. The molecule has 19 heavy (non-hydrogen) atoms. The number of H-pyrrole nitrogens is 1. The lowest BCUT2D eigenvalue weighted by atomic mass is 9.96. The standard InChI is InChI=1S/C18H17N/c1-2-17-18(15-11-7-4-8-12-15)16(13-19-17)14-9-5-3-6-10-14/h3-13,19H,2H2,1H3. The highest BCUT2D eigenvalue weighted by Gasteiger charge is 2.12. The lowest BCUT2D eigenvalue weighted by Gasteiger charge is -2.07. The first-order valence-electron chi connectivity index (χ1n) is 6.71. The van der Waals surface area contributed by atoms with Crippen LogP contribution in [0.25, 0.3) is 22.3 Å². The van der Waals surface area contributed by atoms with Crippen molar-refractivity contribution in [1.82, 2.24) is 4.98 Å². The summed E-state index contributed by atoms with van der Waals surface area (Å²) in [7, 11) is 0. The molecule has 2 aromatic carbocycles. The highest BCUT2D eigenvalue weighted by atomic mass is 14.7. The predicted molar refractivity (Wildman–Crippen MR) is 81.0 cm³/mol. The third kappa shape index (κ3) is 2.19. The van der Waals surface area contributed by atoms with Gasteiger partial charge in [0.05, 0.1) is 0 Å². The summed E-state index contributed by atoms with van der Waals surface area (Å²) in [6.07, 6.45) is 3.13. The van der Waals surface area contributed by atoms with E-state index in [0.29, 0.717) is 0 Å². The minimum Gasteiger partial charge on any atom is -0.364 e. The number of hydrogen-bond donors (Lipinski definition) is 1. The maximum absolute atomic E-state index is 3.42. The van der Waals surface area contributed by atoms with Crippen molar-refractivity contribution in [3.8, 4) is 22.3 Å². The zero-order valence-corrected chi connectivity index (χ0v) is 11.1. The Labute approximate surface area is 113 Å². The Morgan fingerprint density at radius 1 is 0.789 bits per heavy atom. The highest BCUT2D eigenvalue weighted by Crippen LogP contribution is 2.35. The fourth-order valence-corrected chi connectivity index (χ4v) is 2.52. The molecule has 1 nitrogen and oxygen atoms in total. The van der Waals surface area contributed by atoms with Gasteiger partial charge >= 0.3 is 0 Å². The van der Waals surface area contributed by atoms with E-state index >= 15 is 0 Å². The van der Waals surface area contributed by atoms with Crippen molar-refractivity contribution in [1.29, 1.82) is 0 Å². The number of benzene rings is 2. The van der Waals surface area contributed by atoms with Crippen LogP contribution in [0.5, 0.6) is 0 Å². The number of nitrogens with one attached hydrogen (secondary N) is 1. The number of aryl methyl sites for hydroxylation is 1. The summed E-state index contributed by atoms with van der Waals surface area (Å²) in [5.74, 6) is 0. The van der Waals surface area contributed by atoms with Gasteiger partial charge in [0, 0.05) is 23.0 Å². The van der Waals surface area contributed by atoms with Crippen molar-refractivity contribution in [2.24, 2.45) is 0 Å². The van der Waals surface area contributed by atoms with Crippen LogP contribution in [0.2, 0.25) is 0 Å². The molecule has 1 heterocycles. The van der Waals surface area contributed by atoms with Crippen molar-refractivity contribution in [2.75, 3.05) is 0 Å². The smallest absolute Gasteiger partial charge is 0.0230 e. The average molecular weight is 247 g/mol. The molecule has 0 saturated heterocycles. The Morgan fingerprint density at radius 2 is 1.37 bits per heavy atom. The SMILES string of the molecule is CCc1[nH]cc(-c2ccccc2)c1-c1ccccc1. The molecular formula is C18H17N. The molecule has 3 aromatic rings. The molecule has 0 aliphatic rings. The van der Waals surface area contributed by atoms with E-state index in [2.05, 4.69) is 78.8 Å². The molecule has 0 aliphatic heterocycles. The maximum Gasteiger partial charge on any atom is 0.0230 e. The molecule has 0 spiro atoms. The first-order valence-corrected chi connectivity index (χ1v) is 6.71. The Balaban J connectivity index is 2.20. The molecule has 0 aliphatic carbocycles. The number of aromatic amines is 1. The second kappa shape index (κ2) is 5.15. The predicted octanol–water partition coefficient (Wildman–Crippen LogP) is 4.91. The van der Waals surface area contributed by atoms with Crippen LogP contribution < -0.4 is 0 Å². The summed E-state index contributed by atoms with van der Waals surface area (Å²) in [6, 6.07) is 21.1. The lowest BCUT2D eigenvalue weighted by molar-refractivity contribution is 1.07. The largest absolute Gasteiger partial charge is 0.364 e. The van der Waals surface area contributed by atoms with Gasteiger partial charge in [0.15, 0.2) is 0 Å². The van der Waals surface area contributed by atoms with E-state index < -0.39 is 0 Å². The van der Waals surface area contributed by atoms with Crippen LogP contribution in [-0.4, -0.2) is 4.98 Å². The van der Waals surface area contributed by atoms with E-state index in [0.717, 1.165) is 6.42 Å². The third-order valence-electron chi connectivity index (χ3n) is 3.46. The van der Waals surface area contributed by atoms with E-state index in [1.54, 1.807) is 0 Å². The number of aromatic nitrogens is 1. The Bertz CT molecular complexity index is 651. The summed E-state index contributed by atoms with van der Waals surface area (Å²) in [4.78, 5) is 3.42. The van der Waals surface area contributed by atoms with Gasteiger partial charge in [-0.05, 0) is 17.5 Å². The molecule has 0 unspecified atom stereocenters. The van der Waals surface area contributed by atoms with Crippen LogP contribution in [-0.2, 0) is 6.42 Å². The maximum atomic E-state index is 3.42. The molecule has 0 fully saturated rings.